The van der Waals surface area contributed by atoms with Crippen LogP contribution in [0.15, 0.2) is 24.3 Å². The van der Waals surface area contributed by atoms with Crippen molar-refractivity contribution in [3.05, 3.63) is 34.9 Å². The van der Waals surface area contributed by atoms with Gasteiger partial charge in [0.05, 0.1) is 0 Å². The Kier molecular flexibility index (Phi) is 2.31. The van der Waals surface area contributed by atoms with Gasteiger partial charge in [0.1, 0.15) is 11.7 Å². The molecule has 3 nitrogen and oxygen atoms in total. The average Bonchev–Trinajstić information content (AvgIpc) is 3.26. The van der Waals surface area contributed by atoms with Crippen molar-refractivity contribution in [3.8, 4) is 0 Å². The molecule has 3 unspecified atom stereocenters. The summed E-state index contributed by atoms with van der Waals surface area (Å²) in [6.07, 6.45) is 3.07. The van der Waals surface area contributed by atoms with E-state index in [0.29, 0.717) is 17.9 Å². The van der Waals surface area contributed by atoms with E-state index < -0.39 is 0 Å². The number of carbonyl (C=O) groups excluding carboxylic acids is 1. The number of nitrogens with zero attached hydrogens (tertiary/aromatic N) is 1. The molecule has 4 rings (SSSR count). The highest BCUT2D eigenvalue weighted by Gasteiger charge is 2.62. The molecule has 100 valence electrons. The first-order chi connectivity index (χ1) is 9.11. The minimum Gasteiger partial charge on any atom is -0.318 e. The van der Waals surface area contributed by atoms with Gasteiger partial charge in [-0.2, -0.15) is 0 Å². The lowest BCUT2D eigenvalue weighted by atomic mass is 10.1. The molecular formula is C15H17ClN2O. The molecule has 1 aliphatic heterocycles. The van der Waals surface area contributed by atoms with Crippen LogP contribution in [0.25, 0.3) is 0 Å². The second kappa shape index (κ2) is 3.74. The van der Waals surface area contributed by atoms with Crippen LogP contribution in [0.3, 0.4) is 0 Å². The van der Waals surface area contributed by atoms with Gasteiger partial charge in [0.2, 0.25) is 5.91 Å². The Morgan fingerprint density at radius 2 is 2.16 bits per heavy atom. The lowest BCUT2D eigenvalue weighted by Crippen LogP contribution is -2.34. The van der Waals surface area contributed by atoms with Crippen LogP contribution in [0, 0.1) is 5.92 Å². The lowest BCUT2D eigenvalue weighted by Gasteiger charge is -2.25. The van der Waals surface area contributed by atoms with Gasteiger partial charge in [-0.25, -0.2) is 0 Å². The summed E-state index contributed by atoms with van der Waals surface area (Å²) in [7, 11) is 0. The summed E-state index contributed by atoms with van der Waals surface area (Å²) >= 11 is 6.09. The van der Waals surface area contributed by atoms with Crippen LogP contribution in [0.2, 0.25) is 5.02 Å². The van der Waals surface area contributed by atoms with Crippen LogP contribution < -0.4 is 5.32 Å². The molecule has 3 fully saturated rings. The van der Waals surface area contributed by atoms with Gasteiger partial charge in [-0.1, -0.05) is 30.7 Å². The molecule has 19 heavy (non-hydrogen) atoms. The van der Waals surface area contributed by atoms with Crippen LogP contribution in [0.1, 0.15) is 37.9 Å². The molecule has 1 saturated heterocycles. The van der Waals surface area contributed by atoms with Crippen molar-refractivity contribution < 1.29 is 4.79 Å². The first-order valence-corrected chi connectivity index (χ1v) is 7.34. The van der Waals surface area contributed by atoms with Crippen LogP contribution in [0.5, 0.6) is 0 Å². The average molecular weight is 277 g/mol. The predicted molar refractivity (Wildman–Crippen MR) is 73.7 cm³/mol. The highest BCUT2D eigenvalue weighted by molar-refractivity contribution is 6.30. The monoisotopic (exact) mass is 276 g/mol. The van der Waals surface area contributed by atoms with Gasteiger partial charge in [-0.05, 0) is 42.9 Å². The molecule has 0 aromatic heterocycles. The van der Waals surface area contributed by atoms with E-state index in [0.717, 1.165) is 29.8 Å². The van der Waals surface area contributed by atoms with E-state index in [-0.39, 0.29) is 11.7 Å². The maximum Gasteiger partial charge on any atom is 0.244 e. The van der Waals surface area contributed by atoms with E-state index in [9.17, 15) is 4.79 Å². The number of hydrogen-bond donors (Lipinski definition) is 1. The quantitative estimate of drug-likeness (QED) is 0.901. The number of halogens is 1. The number of hydrogen-bond acceptors (Lipinski definition) is 2. The van der Waals surface area contributed by atoms with E-state index in [1.54, 1.807) is 0 Å². The van der Waals surface area contributed by atoms with Gasteiger partial charge in [-0.15, -0.1) is 0 Å². The van der Waals surface area contributed by atoms with Gasteiger partial charge >= 0.3 is 0 Å². The molecule has 4 heteroatoms. The number of nitrogens with one attached hydrogen (secondary N) is 1. The molecule has 1 spiro atoms. The van der Waals surface area contributed by atoms with Gasteiger partial charge in [0.15, 0.2) is 0 Å². The summed E-state index contributed by atoms with van der Waals surface area (Å²) in [6.45, 7) is 2.21. The maximum absolute atomic E-state index is 12.6. The smallest absolute Gasteiger partial charge is 0.244 e. The molecule has 1 aromatic rings. The third-order valence-electron chi connectivity index (χ3n) is 4.67. The first kappa shape index (κ1) is 11.7. The minimum absolute atomic E-state index is 0.00338. The number of carbonyl (C=O) groups is 1. The van der Waals surface area contributed by atoms with Crippen molar-refractivity contribution in [1.29, 1.82) is 0 Å². The fourth-order valence-corrected chi connectivity index (χ4v) is 3.39. The Hall–Kier alpha value is -1.06. The predicted octanol–water partition coefficient (Wildman–Crippen LogP) is 2.71. The third kappa shape index (κ3) is 1.72. The summed E-state index contributed by atoms with van der Waals surface area (Å²) in [4.78, 5) is 14.7. The largest absolute Gasteiger partial charge is 0.318 e. The van der Waals surface area contributed by atoms with E-state index >= 15 is 0 Å². The topological polar surface area (TPSA) is 32.3 Å². The third-order valence-corrected chi connectivity index (χ3v) is 4.91. The molecule has 1 aromatic carbocycles. The standard InChI is InChI=1S/C15H17ClN2O/c1-9-7-12(9)18-13(10-3-2-4-11(16)8-10)17-15(5-6-15)14(18)19/h2-4,8-9,12-13,17H,5-7H2,1H3. The summed E-state index contributed by atoms with van der Waals surface area (Å²) in [5.74, 6) is 0.924. The maximum atomic E-state index is 12.6. The van der Waals surface area contributed by atoms with Crippen molar-refractivity contribution in [1.82, 2.24) is 10.2 Å². The Morgan fingerprint density at radius 1 is 1.42 bits per heavy atom. The van der Waals surface area contributed by atoms with Gasteiger partial charge in [0.25, 0.3) is 0 Å². The zero-order valence-electron chi connectivity index (χ0n) is 10.9. The normalized spacial score (nSPS) is 34.9. The summed E-state index contributed by atoms with van der Waals surface area (Å²) in [6, 6.07) is 8.25. The van der Waals surface area contributed by atoms with E-state index in [1.807, 2.05) is 18.2 Å². The second-order valence-electron chi connectivity index (χ2n) is 6.18. The van der Waals surface area contributed by atoms with Crippen LogP contribution in [0.4, 0.5) is 0 Å². The van der Waals surface area contributed by atoms with Crippen LogP contribution >= 0.6 is 11.6 Å². The molecular weight excluding hydrogens is 260 g/mol. The first-order valence-electron chi connectivity index (χ1n) is 6.97. The van der Waals surface area contributed by atoms with Crippen molar-refractivity contribution in [2.45, 2.75) is 43.9 Å². The van der Waals surface area contributed by atoms with Crippen LogP contribution in [-0.4, -0.2) is 22.4 Å². The van der Waals surface area contributed by atoms with Crippen molar-refractivity contribution >= 4 is 17.5 Å². The van der Waals surface area contributed by atoms with Crippen molar-refractivity contribution in [3.63, 3.8) is 0 Å². The van der Waals surface area contributed by atoms with Gasteiger partial charge in [0, 0.05) is 11.1 Å². The highest BCUT2D eigenvalue weighted by Crippen LogP contribution is 2.51. The highest BCUT2D eigenvalue weighted by atomic mass is 35.5. The fraction of sp³-hybridized carbons (Fsp3) is 0.533. The summed E-state index contributed by atoms with van der Waals surface area (Å²) < 4.78 is 0. The lowest BCUT2D eigenvalue weighted by molar-refractivity contribution is -0.131. The molecule has 0 bridgehead atoms. The van der Waals surface area contributed by atoms with E-state index in [1.165, 1.54) is 0 Å². The number of amides is 1. The zero-order valence-corrected chi connectivity index (χ0v) is 11.7. The molecule has 2 saturated carbocycles. The number of benzene rings is 1. The summed E-state index contributed by atoms with van der Waals surface area (Å²) in [5, 5.41) is 4.27. The van der Waals surface area contributed by atoms with Gasteiger partial charge in [-0.3, -0.25) is 10.1 Å². The Balaban J connectivity index is 1.71. The van der Waals surface area contributed by atoms with Crippen molar-refractivity contribution in [2.75, 3.05) is 0 Å². The molecule has 1 amide bonds. The van der Waals surface area contributed by atoms with E-state index in [4.69, 9.17) is 11.6 Å². The second-order valence-corrected chi connectivity index (χ2v) is 6.61. The van der Waals surface area contributed by atoms with Crippen LogP contribution in [-0.2, 0) is 4.79 Å². The molecule has 3 aliphatic rings. The van der Waals surface area contributed by atoms with E-state index in [2.05, 4.69) is 23.2 Å². The fourth-order valence-electron chi connectivity index (χ4n) is 3.19. The SMILES string of the molecule is CC1CC1N1C(=O)C2(CC2)NC1c1cccc(Cl)c1. The molecule has 1 N–H and O–H groups in total. The Labute approximate surface area is 117 Å². The Bertz CT molecular complexity index is 555. The molecule has 1 heterocycles. The number of rotatable bonds is 2. The molecule has 0 radical (unpaired) electrons. The minimum atomic E-state index is -0.255. The molecule has 3 atom stereocenters. The molecule has 2 aliphatic carbocycles. The summed E-state index contributed by atoms with van der Waals surface area (Å²) in [5.41, 5.74) is 0.846. The van der Waals surface area contributed by atoms with Gasteiger partial charge < -0.3 is 4.90 Å². The Morgan fingerprint density at radius 3 is 2.74 bits per heavy atom. The zero-order chi connectivity index (χ0) is 13.2. The van der Waals surface area contributed by atoms with Crippen molar-refractivity contribution in [2.24, 2.45) is 5.92 Å².